The highest BCUT2D eigenvalue weighted by atomic mass is 19.4. The molecule has 0 aliphatic carbocycles. The molecule has 0 radical (unpaired) electrons. The molecular weight excluding hydrogens is 259 g/mol. The van der Waals surface area contributed by atoms with Gasteiger partial charge in [0.05, 0.1) is 5.52 Å². The largest absolute Gasteiger partial charge is 0.437 e. The summed E-state index contributed by atoms with van der Waals surface area (Å²) in [7, 11) is 0. The summed E-state index contributed by atoms with van der Waals surface area (Å²) in [5.74, 6) is -1.29. The van der Waals surface area contributed by atoms with Crippen LogP contribution in [0.2, 0.25) is 0 Å². The Bertz CT molecular complexity index is 623. The second-order valence-electron chi connectivity index (χ2n) is 3.85. The van der Waals surface area contributed by atoms with Crippen molar-refractivity contribution in [1.29, 1.82) is 0 Å². The first-order valence-corrected chi connectivity index (χ1v) is 5.59. The summed E-state index contributed by atoms with van der Waals surface area (Å²) in [5.41, 5.74) is -0.987. The monoisotopic (exact) mass is 269 g/mol. The number of halogens is 3. The fraction of sp³-hybridized carbons (Fsp3) is 0.231. The van der Waals surface area contributed by atoms with Gasteiger partial charge in [0.2, 0.25) is 0 Å². The number of nitrogens with zero attached hydrogens (tertiary/aromatic N) is 1. The van der Waals surface area contributed by atoms with E-state index in [1.807, 2.05) is 0 Å². The number of pyridine rings is 1. The van der Waals surface area contributed by atoms with Crippen LogP contribution in [-0.4, -0.2) is 11.0 Å². The molecule has 0 amide bonds. The molecule has 0 fully saturated rings. The highest BCUT2D eigenvalue weighted by molar-refractivity contribution is 5.82. The van der Waals surface area contributed by atoms with Crippen LogP contribution in [-0.2, 0) is 11.0 Å². The predicted octanol–water partition coefficient (Wildman–Crippen LogP) is 3.57. The number of aromatic nitrogens is 1. The Kier molecular flexibility index (Phi) is 3.42. The summed E-state index contributed by atoms with van der Waals surface area (Å²) in [5, 5.41) is 0.481. The Labute approximate surface area is 107 Å². The first-order chi connectivity index (χ1) is 8.91. The molecule has 0 bridgehead atoms. The van der Waals surface area contributed by atoms with E-state index >= 15 is 0 Å². The van der Waals surface area contributed by atoms with Gasteiger partial charge in [0, 0.05) is 11.8 Å². The quantitative estimate of drug-likeness (QED) is 0.782. The number of ether oxygens (including phenoxy) is 1. The highest BCUT2D eigenvalue weighted by Gasteiger charge is 2.37. The van der Waals surface area contributed by atoms with Gasteiger partial charge in [-0.1, -0.05) is 25.1 Å². The average molecular weight is 269 g/mol. The Morgan fingerprint density at radius 2 is 2.00 bits per heavy atom. The molecule has 1 heterocycles. The number of carbonyl (C=O) groups excluding carboxylic acids is 1. The van der Waals surface area contributed by atoms with Gasteiger partial charge in [-0.05, 0) is 12.1 Å². The van der Waals surface area contributed by atoms with Gasteiger partial charge in [0.1, 0.15) is 0 Å². The summed E-state index contributed by atoms with van der Waals surface area (Å²) in [6.45, 7) is 1.50. The fourth-order valence-corrected chi connectivity index (χ4v) is 1.57. The lowest BCUT2D eigenvalue weighted by molar-refractivity contribution is -0.144. The lowest BCUT2D eigenvalue weighted by Gasteiger charge is -2.12. The number of rotatable bonds is 2. The maximum atomic E-state index is 12.9. The van der Waals surface area contributed by atoms with Gasteiger partial charge in [-0.2, -0.15) is 13.2 Å². The minimum Gasteiger partial charge on any atom is -0.424 e. The number of alkyl halides is 3. The summed E-state index contributed by atoms with van der Waals surface area (Å²) < 4.78 is 43.3. The van der Waals surface area contributed by atoms with Gasteiger partial charge < -0.3 is 4.74 Å². The third-order valence-electron chi connectivity index (χ3n) is 2.47. The zero-order chi connectivity index (χ0) is 14.0. The molecule has 2 rings (SSSR count). The van der Waals surface area contributed by atoms with Gasteiger partial charge >= 0.3 is 12.1 Å². The standard InChI is InChI=1S/C13H10F3NO2/c1-2-11(18)19-10-7-8-5-3-4-6-9(8)17-12(10)13(14,15)16/h3-7H,2H2,1H3. The first-order valence-electron chi connectivity index (χ1n) is 5.59. The molecule has 0 saturated carbocycles. The summed E-state index contributed by atoms with van der Waals surface area (Å²) in [6.07, 6.45) is -4.68. The zero-order valence-electron chi connectivity index (χ0n) is 9.99. The summed E-state index contributed by atoms with van der Waals surface area (Å²) in [6, 6.07) is 7.51. The van der Waals surface area contributed by atoms with E-state index in [-0.39, 0.29) is 11.9 Å². The maximum absolute atomic E-state index is 12.9. The van der Waals surface area contributed by atoms with Crippen LogP contribution < -0.4 is 4.74 Å². The third-order valence-corrected chi connectivity index (χ3v) is 2.47. The number of para-hydroxylation sites is 1. The molecule has 0 aliphatic rings. The van der Waals surface area contributed by atoms with Crippen LogP contribution >= 0.6 is 0 Å². The molecule has 0 unspecified atom stereocenters. The van der Waals surface area contributed by atoms with E-state index in [4.69, 9.17) is 4.74 Å². The van der Waals surface area contributed by atoms with Crippen LogP contribution in [0.1, 0.15) is 19.0 Å². The van der Waals surface area contributed by atoms with Crippen molar-refractivity contribution in [1.82, 2.24) is 4.98 Å². The van der Waals surface area contributed by atoms with Crippen molar-refractivity contribution in [3.8, 4) is 5.75 Å². The molecular formula is C13H10F3NO2. The topological polar surface area (TPSA) is 39.2 Å². The molecule has 2 aromatic rings. The molecule has 19 heavy (non-hydrogen) atoms. The first kappa shape index (κ1) is 13.3. The smallest absolute Gasteiger partial charge is 0.424 e. The lowest BCUT2D eigenvalue weighted by Crippen LogP contribution is -2.14. The number of carbonyl (C=O) groups is 1. The van der Waals surface area contributed by atoms with Crippen molar-refractivity contribution < 1.29 is 22.7 Å². The van der Waals surface area contributed by atoms with Gasteiger partial charge in [-0.15, -0.1) is 0 Å². The number of fused-ring (bicyclic) bond motifs is 1. The van der Waals surface area contributed by atoms with E-state index < -0.39 is 23.6 Å². The van der Waals surface area contributed by atoms with Crippen molar-refractivity contribution in [2.24, 2.45) is 0 Å². The van der Waals surface area contributed by atoms with Gasteiger partial charge in [0.15, 0.2) is 11.4 Å². The van der Waals surface area contributed by atoms with E-state index in [0.29, 0.717) is 5.39 Å². The Hall–Kier alpha value is -2.11. The number of hydrogen-bond donors (Lipinski definition) is 0. The van der Waals surface area contributed by atoms with Crippen molar-refractivity contribution in [2.45, 2.75) is 19.5 Å². The number of esters is 1. The van der Waals surface area contributed by atoms with Crippen LogP contribution in [0, 0.1) is 0 Å². The van der Waals surface area contributed by atoms with E-state index in [2.05, 4.69) is 4.98 Å². The van der Waals surface area contributed by atoms with Crippen LogP contribution in [0.5, 0.6) is 5.75 Å². The Morgan fingerprint density at radius 3 is 2.63 bits per heavy atom. The molecule has 6 heteroatoms. The maximum Gasteiger partial charge on any atom is 0.437 e. The predicted molar refractivity (Wildman–Crippen MR) is 62.7 cm³/mol. The molecule has 100 valence electrons. The summed E-state index contributed by atoms with van der Waals surface area (Å²) in [4.78, 5) is 14.7. The minimum absolute atomic E-state index is 0.00980. The van der Waals surface area contributed by atoms with E-state index in [1.54, 1.807) is 18.2 Å². The van der Waals surface area contributed by atoms with Gasteiger partial charge in [-0.25, -0.2) is 4.98 Å². The van der Waals surface area contributed by atoms with E-state index in [9.17, 15) is 18.0 Å². The molecule has 1 aromatic carbocycles. The second kappa shape index (κ2) is 4.87. The number of benzene rings is 1. The van der Waals surface area contributed by atoms with Crippen LogP contribution in [0.25, 0.3) is 10.9 Å². The van der Waals surface area contributed by atoms with Crippen molar-refractivity contribution >= 4 is 16.9 Å². The molecule has 0 spiro atoms. The Balaban J connectivity index is 2.60. The molecule has 0 saturated heterocycles. The molecule has 3 nitrogen and oxygen atoms in total. The lowest BCUT2D eigenvalue weighted by atomic mass is 10.2. The SMILES string of the molecule is CCC(=O)Oc1cc2ccccc2nc1C(F)(F)F. The fourth-order valence-electron chi connectivity index (χ4n) is 1.57. The minimum atomic E-state index is -4.67. The van der Waals surface area contributed by atoms with E-state index in [1.165, 1.54) is 19.1 Å². The summed E-state index contributed by atoms with van der Waals surface area (Å²) >= 11 is 0. The molecule has 0 aliphatic heterocycles. The van der Waals surface area contributed by atoms with Crippen molar-refractivity contribution in [2.75, 3.05) is 0 Å². The zero-order valence-corrected chi connectivity index (χ0v) is 9.99. The van der Waals surface area contributed by atoms with Gasteiger partial charge in [-0.3, -0.25) is 4.79 Å². The van der Waals surface area contributed by atoms with E-state index in [0.717, 1.165) is 0 Å². The van der Waals surface area contributed by atoms with Crippen LogP contribution in [0.4, 0.5) is 13.2 Å². The van der Waals surface area contributed by atoms with Crippen LogP contribution in [0.15, 0.2) is 30.3 Å². The normalized spacial score (nSPS) is 11.6. The van der Waals surface area contributed by atoms with Crippen LogP contribution in [0.3, 0.4) is 0 Å². The Morgan fingerprint density at radius 1 is 1.32 bits per heavy atom. The molecule has 0 N–H and O–H groups in total. The van der Waals surface area contributed by atoms with Crippen molar-refractivity contribution in [3.63, 3.8) is 0 Å². The third kappa shape index (κ3) is 2.83. The molecule has 0 atom stereocenters. The highest BCUT2D eigenvalue weighted by Crippen LogP contribution is 2.36. The van der Waals surface area contributed by atoms with Crippen molar-refractivity contribution in [3.05, 3.63) is 36.0 Å². The van der Waals surface area contributed by atoms with Gasteiger partial charge in [0.25, 0.3) is 0 Å². The average Bonchev–Trinajstić information content (AvgIpc) is 2.36. The molecule has 1 aromatic heterocycles. The number of hydrogen-bond acceptors (Lipinski definition) is 3. The second-order valence-corrected chi connectivity index (χ2v) is 3.85.